The van der Waals surface area contributed by atoms with Crippen molar-refractivity contribution in [2.45, 2.75) is 19.4 Å². The van der Waals surface area contributed by atoms with Gasteiger partial charge in [0.15, 0.2) is 11.8 Å². The number of carbonyl (C=O) groups excluding carboxylic acids is 3. The number of aliphatic carboxylic acids is 1. The predicted octanol–water partition coefficient (Wildman–Crippen LogP) is 3.23. The van der Waals surface area contributed by atoms with Gasteiger partial charge in [-0.25, -0.2) is 4.79 Å². The summed E-state index contributed by atoms with van der Waals surface area (Å²) in [7, 11) is 1.49. The van der Waals surface area contributed by atoms with Crippen LogP contribution in [0.3, 0.4) is 0 Å². The molecule has 1 aliphatic heterocycles. The van der Waals surface area contributed by atoms with E-state index in [1.54, 1.807) is 36.4 Å². The Morgan fingerprint density at radius 3 is 2.62 bits per heavy atom. The van der Waals surface area contributed by atoms with Crippen LogP contribution in [-0.2, 0) is 14.4 Å². The van der Waals surface area contributed by atoms with Crippen molar-refractivity contribution in [3.8, 4) is 11.1 Å². The number of halogens is 1. The number of carboxylic acid groups (broad SMARTS) is 1. The number of likely N-dealkylation sites (N-methyl/N-ethyl adjacent to an activating group) is 1. The Kier molecular flexibility index (Phi) is 6.95. The lowest BCUT2D eigenvalue weighted by Gasteiger charge is -2.33. The highest BCUT2D eigenvalue weighted by Crippen LogP contribution is 2.31. The maximum Gasteiger partial charge on any atom is 0.323 e. The minimum Gasteiger partial charge on any atom is -0.481 e. The van der Waals surface area contributed by atoms with E-state index in [9.17, 15) is 19.2 Å². The van der Waals surface area contributed by atoms with Gasteiger partial charge in [-0.3, -0.25) is 19.3 Å². The number of rotatable bonds is 6. The van der Waals surface area contributed by atoms with Crippen molar-refractivity contribution in [3.63, 3.8) is 0 Å². The molecule has 0 saturated carbocycles. The van der Waals surface area contributed by atoms with Gasteiger partial charge in [0.1, 0.15) is 0 Å². The summed E-state index contributed by atoms with van der Waals surface area (Å²) in [6, 6.07) is 10.1. The number of aryl methyl sites for hydroxylation is 1. The third kappa shape index (κ3) is 4.97. The van der Waals surface area contributed by atoms with Crippen LogP contribution in [0.5, 0.6) is 0 Å². The molecule has 1 atom stereocenters. The van der Waals surface area contributed by atoms with E-state index in [-0.39, 0.29) is 13.0 Å². The van der Waals surface area contributed by atoms with Gasteiger partial charge in [-0.2, -0.15) is 0 Å². The second kappa shape index (κ2) is 9.65. The van der Waals surface area contributed by atoms with Gasteiger partial charge in [-0.15, -0.1) is 0 Å². The topological polar surface area (TPSA) is 107 Å². The van der Waals surface area contributed by atoms with Crippen LogP contribution in [0.2, 0.25) is 5.02 Å². The van der Waals surface area contributed by atoms with Crippen LogP contribution in [0.4, 0.5) is 10.5 Å². The summed E-state index contributed by atoms with van der Waals surface area (Å²) >= 11 is 6.13. The van der Waals surface area contributed by atoms with Crippen molar-refractivity contribution in [2.24, 2.45) is 0 Å². The Morgan fingerprint density at radius 1 is 1.19 bits per heavy atom. The molecule has 0 aliphatic carbocycles. The van der Waals surface area contributed by atoms with Gasteiger partial charge in [-0.05, 0) is 47.9 Å². The molecule has 0 bridgehead atoms. The van der Waals surface area contributed by atoms with Crippen LogP contribution >= 0.6 is 11.6 Å². The maximum absolute atomic E-state index is 13.1. The minimum atomic E-state index is -1.41. The number of hydrogen-bond donors (Lipinski definition) is 2. The normalized spacial score (nSPS) is 15.6. The molecule has 2 aromatic rings. The highest BCUT2D eigenvalue weighted by Gasteiger charge is 2.39. The standard InChI is InChI=1S/C23H22ClN3O5/c1-14-6-7-17(13-18(14)15-4-3-5-16(24)12-15)27(23(32)25-10-8-20(29)30)21-19(28)9-11-26(2)22(21)31/h3-7,9,11-13,21H,8,10H2,1-2H3,(H,25,32)(H,29,30)/t21-/m0/s1. The molecule has 0 spiro atoms. The van der Waals surface area contributed by atoms with Crippen molar-refractivity contribution in [2.75, 3.05) is 18.5 Å². The number of urea groups is 1. The van der Waals surface area contributed by atoms with E-state index in [2.05, 4.69) is 5.32 Å². The number of nitrogens with zero attached hydrogens (tertiary/aromatic N) is 2. The number of hydrogen-bond acceptors (Lipinski definition) is 4. The van der Waals surface area contributed by atoms with Crippen LogP contribution in [-0.4, -0.2) is 53.3 Å². The molecule has 2 N–H and O–H groups in total. The van der Waals surface area contributed by atoms with E-state index in [0.29, 0.717) is 10.7 Å². The van der Waals surface area contributed by atoms with Crippen LogP contribution in [0.25, 0.3) is 11.1 Å². The summed E-state index contributed by atoms with van der Waals surface area (Å²) in [4.78, 5) is 51.7. The average molecular weight is 456 g/mol. The van der Waals surface area contributed by atoms with Crippen LogP contribution in [0.1, 0.15) is 12.0 Å². The minimum absolute atomic E-state index is 0.154. The largest absolute Gasteiger partial charge is 0.481 e. The molecule has 9 heteroatoms. The fraction of sp³-hybridized carbons (Fsp3) is 0.217. The maximum atomic E-state index is 13.1. The molecule has 0 radical (unpaired) electrons. The molecule has 32 heavy (non-hydrogen) atoms. The number of carboxylic acids is 1. The molecule has 3 rings (SSSR count). The Hall–Kier alpha value is -3.65. The lowest BCUT2D eigenvalue weighted by Crippen LogP contribution is -2.57. The van der Waals surface area contributed by atoms with Gasteiger partial charge in [0.2, 0.25) is 0 Å². The van der Waals surface area contributed by atoms with E-state index in [1.807, 2.05) is 13.0 Å². The fourth-order valence-electron chi connectivity index (χ4n) is 3.37. The molecule has 0 aromatic heterocycles. The molecular weight excluding hydrogens is 434 g/mol. The van der Waals surface area contributed by atoms with Gasteiger partial charge in [0.25, 0.3) is 5.91 Å². The van der Waals surface area contributed by atoms with Gasteiger partial charge in [0.05, 0.1) is 6.42 Å². The number of anilines is 1. The zero-order valence-corrected chi connectivity index (χ0v) is 18.3. The molecule has 166 valence electrons. The number of nitrogens with one attached hydrogen (secondary N) is 1. The van der Waals surface area contributed by atoms with Crippen molar-refractivity contribution >= 4 is 41.0 Å². The first-order valence-electron chi connectivity index (χ1n) is 9.83. The van der Waals surface area contributed by atoms with Crippen LogP contribution in [0, 0.1) is 6.92 Å². The van der Waals surface area contributed by atoms with Crippen molar-refractivity contribution in [3.05, 3.63) is 65.3 Å². The monoisotopic (exact) mass is 455 g/mol. The van der Waals surface area contributed by atoms with Crippen LogP contribution in [0.15, 0.2) is 54.7 Å². The van der Waals surface area contributed by atoms with Gasteiger partial charge < -0.3 is 15.3 Å². The SMILES string of the molecule is Cc1ccc(N(C(=O)NCCC(=O)O)[C@H]2C(=O)C=CN(C)C2=O)cc1-c1cccc(Cl)c1. The lowest BCUT2D eigenvalue weighted by atomic mass is 9.98. The fourth-order valence-corrected chi connectivity index (χ4v) is 3.56. The molecular formula is C23H22ClN3O5. The van der Waals surface area contributed by atoms with E-state index in [1.165, 1.54) is 24.2 Å². The second-order valence-corrected chi connectivity index (χ2v) is 7.76. The first-order valence-corrected chi connectivity index (χ1v) is 10.2. The number of benzene rings is 2. The molecule has 0 unspecified atom stereocenters. The molecule has 1 heterocycles. The summed E-state index contributed by atoms with van der Waals surface area (Å²) in [6.45, 7) is 1.74. The first kappa shape index (κ1) is 23.0. The van der Waals surface area contributed by atoms with E-state index >= 15 is 0 Å². The first-order chi connectivity index (χ1) is 15.2. The van der Waals surface area contributed by atoms with Gasteiger partial charge in [0, 0.05) is 36.6 Å². The van der Waals surface area contributed by atoms with E-state index in [4.69, 9.17) is 16.7 Å². The Labute approximate surface area is 190 Å². The highest BCUT2D eigenvalue weighted by atomic mass is 35.5. The quantitative estimate of drug-likeness (QED) is 0.650. The summed E-state index contributed by atoms with van der Waals surface area (Å²) in [5.41, 5.74) is 2.80. The molecule has 8 nitrogen and oxygen atoms in total. The summed E-state index contributed by atoms with van der Waals surface area (Å²) in [6.07, 6.45) is 2.28. The number of carbonyl (C=O) groups is 4. The van der Waals surface area contributed by atoms with Crippen molar-refractivity contribution in [1.82, 2.24) is 10.2 Å². The summed E-state index contributed by atoms with van der Waals surface area (Å²) in [5, 5.41) is 11.9. The summed E-state index contributed by atoms with van der Waals surface area (Å²) in [5.74, 6) is -2.20. The summed E-state index contributed by atoms with van der Waals surface area (Å²) < 4.78 is 0. The predicted molar refractivity (Wildman–Crippen MR) is 120 cm³/mol. The average Bonchev–Trinajstić information content (AvgIpc) is 2.74. The third-order valence-electron chi connectivity index (χ3n) is 5.04. The molecule has 3 amide bonds. The van der Waals surface area contributed by atoms with Crippen molar-refractivity contribution in [1.29, 1.82) is 0 Å². The Morgan fingerprint density at radius 2 is 1.94 bits per heavy atom. The third-order valence-corrected chi connectivity index (χ3v) is 5.28. The number of amides is 3. The van der Waals surface area contributed by atoms with Gasteiger partial charge in [-0.1, -0.05) is 29.8 Å². The van der Waals surface area contributed by atoms with E-state index in [0.717, 1.165) is 21.6 Å². The smallest absolute Gasteiger partial charge is 0.323 e. The second-order valence-electron chi connectivity index (χ2n) is 7.33. The van der Waals surface area contributed by atoms with Gasteiger partial charge >= 0.3 is 12.0 Å². The van der Waals surface area contributed by atoms with E-state index < -0.39 is 29.7 Å². The highest BCUT2D eigenvalue weighted by molar-refractivity contribution is 6.30. The Bertz CT molecular complexity index is 1110. The molecule has 2 aromatic carbocycles. The van der Waals surface area contributed by atoms with Crippen molar-refractivity contribution < 1.29 is 24.3 Å². The zero-order chi connectivity index (χ0) is 23.4. The Balaban J connectivity index is 2.07. The lowest BCUT2D eigenvalue weighted by molar-refractivity contribution is -0.137. The zero-order valence-electron chi connectivity index (χ0n) is 17.5. The molecule has 0 fully saturated rings. The van der Waals surface area contributed by atoms with Crippen LogP contribution < -0.4 is 10.2 Å². The number of ketones is 1. The molecule has 0 saturated heterocycles. The molecule has 1 aliphatic rings.